The molecule has 6 nitrogen and oxygen atoms in total. The van der Waals surface area contributed by atoms with Crippen LogP contribution in [0.5, 0.6) is 0 Å². The smallest absolute Gasteiger partial charge is 0.306 e. The molecule has 0 saturated heterocycles. The lowest BCUT2D eigenvalue weighted by atomic mass is 10.1. The lowest BCUT2D eigenvalue weighted by Crippen LogP contribution is -2.22. The van der Waals surface area contributed by atoms with Crippen LogP contribution in [-0.2, 0) is 6.54 Å². The van der Waals surface area contributed by atoms with Crippen LogP contribution in [0.15, 0.2) is 81.5 Å². The molecule has 0 saturated carbocycles. The van der Waals surface area contributed by atoms with Crippen molar-refractivity contribution in [3.8, 4) is 5.69 Å². The second kappa shape index (κ2) is 8.75. The molecular formula is C26H24N4O2S. The van der Waals surface area contributed by atoms with Gasteiger partial charge in [-0.25, -0.2) is 9.78 Å². The van der Waals surface area contributed by atoms with Crippen LogP contribution in [-0.4, -0.2) is 24.9 Å². The van der Waals surface area contributed by atoms with E-state index in [0.29, 0.717) is 22.6 Å². The van der Waals surface area contributed by atoms with Crippen molar-refractivity contribution in [2.24, 2.45) is 0 Å². The zero-order valence-electron chi connectivity index (χ0n) is 18.5. The number of benzene rings is 3. The number of aryl methyl sites for hydroxylation is 3. The number of aromatic amines is 1. The van der Waals surface area contributed by atoms with Crippen molar-refractivity contribution in [1.82, 2.24) is 19.1 Å². The van der Waals surface area contributed by atoms with E-state index in [1.165, 1.54) is 5.56 Å². The van der Waals surface area contributed by atoms with E-state index >= 15 is 0 Å². The molecule has 7 heteroatoms. The summed E-state index contributed by atoms with van der Waals surface area (Å²) in [5.41, 5.74) is 5.39. The van der Waals surface area contributed by atoms with Crippen molar-refractivity contribution in [2.75, 3.05) is 5.75 Å². The third-order valence-corrected chi connectivity index (χ3v) is 6.96. The second-order valence-corrected chi connectivity index (χ2v) is 9.18. The number of hydrogen-bond acceptors (Lipinski definition) is 4. The summed E-state index contributed by atoms with van der Waals surface area (Å²) >= 11 is 1.54. The molecule has 2 heterocycles. The Balaban J connectivity index is 1.45. The quantitative estimate of drug-likeness (QED) is 0.226. The number of hydrogen-bond donors (Lipinski definition) is 1. The van der Waals surface area contributed by atoms with Gasteiger partial charge in [-0.2, -0.15) is 0 Å². The fourth-order valence-electron chi connectivity index (χ4n) is 4.02. The first-order valence-electron chi connectivity index (χ1n) is 10.9. The number of fused-ring (bicyclic) bond motifs is 2. The van der Waals surface area contributed by atoms with E-state index < -0.39 is 0 Å². The fourth-order valence-corrected chi connectivity index (χ4v) is 4.95. The highest BCUT2D eigenvalue weighted by Gasteiger charge is 2.14. The van der Waals surface area contributed by atoms with Crippen molar-refractivity contribution in [1.29, 1.82) is 0 Å². The van der Waals surface area contributed by atoms with Gasteiger partial charge in [0.1, 0.15) is 0 Å². The maximum Gasteiger partial charge on any atom is 0.326 e. The lowest BCUT2D eigenvalue weighted by molar-refractivity contribution is 0.678. The molecule has 5 rings (SSSR count). The third kappa shape index (κ3) is 4.00. The van der Waals surface area contributed by atoms with Gasteiger partial charge in [0.25, 0.3) is 5.56 Å². The van der Waals surface area contributed by atoms with Gasteiger partial charge in [-0.1, -0.05) is 42.1 Å². The van der Waals surface area contributed by atoms with E-state index in [1.54, 1.807) is 20.9 Å². The molecular weight excluding hydrogens is 432 g/mol. The van der Waals surface area contributed by atoms with Crippen molar-refractivity contribution in [2.45, 2.75) is 32.0 Å². The molecule has 0 spiro atoms. The van der Waals surface area contributed by atoms with E-state index in [1.807, 2.05) is 73.7 Å². The molecule has 33 heavy (non-hydrogen) atoms. The highest BCUT2D eigenvalue weighted by Crippen LogP contribution is 2.23. The average Bonchev–Trinajstić information content (AvgIpc) is 3.14. The standard InChI is InChI=1S/C26H24N4O2S/c1-17-12-13-19(16-18(17)2)30-24(31)20-8-3-4-9-21(20)28-26(30)33-15-7-14-29-23-11-6-5-10-22(23)27-25(29)32/h3-6,8-13,16H,7,14-15H2,1-2H3,(H,27,32). The minimum Gasteiger partial charge on any atom is -0.306 e. The van der Waals surface area contributed by atoms with Crippen LogP contribution >= 0.6 is 11.8 Å². The monoisotopic (exact) mass is 456 g/mol. The Morgan fingerprint density at radius 2 is 1.73 bits per heavy atom. The molecule has 0 aliphatic heterocycles. The number of H-pyrrole nitrogens is 1. The van der Waals surface area contributed by atoms with Crippen LogP contribution in [0.25, 0.3) is 27.6 Å². The molecule has 5 aromatic rings. The topological polar surface area (TPSA) is 72.7 Å². The Morgan fingerprint density at radius 1 is 0.939 bits per heavy atom. The van der Waals surface area contributed by atoms with Gasteiger partial charge in [0.2, 0.25) is 0 Å². The van der Waals surface area contributed by atoms with Gasteiger partial charge in [-0.3, -0.25) is 13.9 Å². The fraction of sp³-hybridized carbons (Fsp3) is 0.192. The van der Waals surface area contributed by atoms with Crippen LogP contribution in [0, 0.1) is 13.8 Å². The Morgan fingerprint density at radius 3 is 2.58 bits per heavy atom. The molecule has 0 fully saturated rings. The molecule has 166 valence electrons. The summed E-state index contributed by atoms with van der Waals surface area (Å²) in [4.78, 5) is 33.5. The number of nitrogens with zero attached hydrogens (tertiary/aromatic N) is 3. The zero-order chi connectivity index (χ0) is 22.9. The van der Waals surface area contributed by atoms with Crippen LogP contribution < -0.4 is 11.2 Å². The molecule has 0 amide bonds. The minimum atomic E-state index is -0.0999. The number of para-hydroxylation sites is 3. The maximum absolute atomic E-state index is 13.4. The normalized spacial score (nSPS) is 11.5. The Labute approximate surface area is 194 Å². The van der Waals surface area contributed by atoms with Gasteiger partial charge in [0, 0.05) is 12.3 Å². The Kier molecular flexibility index (Phi) is 5.64. The van der Waals surface area contributed by atoms with Crippen molar-refractivity contribution in [3.05, 3.63) is 98.7 Å². The summed E-state index contributed by atoms with van der Waals surface area (Å²) in [5.74, 6) is 0.724. The predicted molar refractivity (Wildman–Crippen MR) is 135 cm³/mol. The van der Waals surface area contributed by atoms with Gasteiger partial charge >= 0.3 is 5.69 Å². The van der Waals surface area contributed by atoms with E-state index in [9.17, 15) is 9.59 Å². The van der Waals surface area contributed by atoms with Gasteiger partial charge in [-0.15, -0.1) is 0 Å². The van der Waals surface area contributed by atoms with E-state index in [-0.39, 0.29) is 11.2 Å². The number of rotatable bonds is 6. The minimum absolute atomic E-state index is 0.0702. The van der Waals surface area contributed by atoms with E-state index in [2.05, 4.69) is 11.9 Å². The first kappa shape index (κ1) is 21.3. The van der Waals surface area contributed by atoms with E-state index in [0.717, 1.165) is 34.5 Å². The molecule has 1 N–H and O–H groups in total. The van der Waals surface area contributed by atoms with Crippen LogP contribution in [0.2, 0.25) is 0 Å². The van der Waals surface area contributed by atoms with Crippen LogP contribution in [0.3, 0.4) is 0 Å². The summed E-state index contributed by atoms with van der Waals surface area (Å²) in [6, 6.07) is 21.2. The van der Waals surface area contributed by atoms with Crippen molar-refractivity contribution in [3.63, 3.8) is 0 Å². The average molecular weight is 457 g/mol. The highest BCUT2D eigenvalue weighted by atomic mass is 32.2. The largest absolute Gasteiger partial charge is 0.326 e. The molecule has 0 bridgehead atoms. The summed E-state index contributed by atoms with van der Waals surface area (Å²) in [6.45, 7) is 4.70. The molecule has 2 aromatic heterocycles. The maximum atomic E-state index is 13.4. The Bertz CT molecular complexity index is 1600. The predicted octanol–water partition coefficient (Wildman–Crippen LogP) is 4.83. The summed E-state index contributed by atoms with van der Waals surface area (Å²) in [7, 11) is 0. The number of aromatic nitrogens is 4. The highest BCUT2D eigenvalue weighted by molar-refractivity contribution is 7.99. The summed E-state index contributed by atoms with van der Waals surface area (Å²) in [5, 5.41) is 1.26. The van der Waals surface area contributed by atoms with Gasteiger partial charge in [0.15, 0.2) is 5.16 Å². The SMILES string of the molecule is Cc1ccc(-n2c(SCCCn3c(=O)[nH]c4ccccc43)nc3ccccc3c2=O)cc1C. The third-order valence-electron chi connectivity index (χ3n) is 5.93. The first-order valence-corrected chi connectivity index (χ1v) is 11.9. The van der Waals surface area contributed by atoms with Crippen LogP contribution in [0.1, 0.15) is 17.5 Å². The molecule has 0 radical (unpaired) electrons. The first-order chi connectivity index (χ1) is 16.0. The molecule has 0 aliphatic rings. The van der Waals surface area contributed by atoms with E-state index in [4.69, 9.17) is 4.98 Å². The lowest BCUT2D eigenvalue weighted by Gasteiger charge is -2.14. The van der Waals surface area contributed by atoms with Gasteiger partial charge < -0.3 is 4.98 Å². The van der Waals surface area contributed by atoms with Gasteiger partial charge in [0.05, 0.1) is 27.6 Å². The molecule has 0 atom stereocenters. The molecule has 0 aliphatic carbocycles. The summed E-state index contributed by atoms with van der Waals surface area (Å²) < 4.78 is 3.47. The summed E-state index contributed by atoms with van der Waals surface area (Å²) in [6.07, 6.45) is 0.766. The van der Waals surface area contributed by atoms with Crippen LogP contribution in [0.4, 0.5) is 0 Å². The molecule has 0 unspecified atom stereocenters. The number of nitrogens with one attached hydrogen (secondary N) is 1. The number of thioether (sulfide) groups is 1. The Hall–Kier alpha value is -3.58. The number of imidazole rings is 1. The van der Waals surface area contributed by atoms with Crippen molar-refractivity contribution >= 4 is 33.7 Å². The second-order valence-electron chi connectivity index (χ2n) is 8.12. The van der Waals surface area contributed by atoms with Gasteiger partial charge in [-0.05, 0) is 67.8 Å². The molecule has 3 aromatic carbocycles. The van der Waals surface area contributed by atoms with Crippen molar-refractivity contribution < 1.29 is 0 Å². The zero-order valence-corrected chi connectivity index (χ0v) is 19.4.